The molecule has 3 aromatic rings. The smallest absolute Gasteiger partial charge is 0.262 e. The molecule has 3 rings (SSSR count). The number of rotatable bonds is 4. The van der Waals surface area contributed by atoms with Crippen LogP contribution in [0.4, 0.5) is 10.7 Å². The summed E-state index contributed by atoms with van der Waals surface area (Å²) in [4.78, 5) is 26.9. The van der Waals surface area contributed by atoms with Crippen molar-refractivity contribution in [3.05, 3.63) is 75.4 Å². The fourth-order valence-corrected chi connectivity index (χ4v) is 3.47. The first-order valence-electron chi connectivity index (χ1n) is 7.93. The van der Waals surface area contributed by atoms with Gasteiger partial charge < -0.3 is 10.2 Å². The summed E-state index contributed by atoms with van der Waals surface area (Å²) in [5.41, 5.74) is 2.04. The molecule has 0 saturated heterocycles. The molecule has 0 unspecified atom stereocenters. The van der Waals surface area contributed by atoms with Gasteiger partial charge in [-0.25, -0.2) is 0 Å². The summed E-state index contributed by atoms with van der Waals surface area (Å²) in [6.07, 6.45) is 0. The normalized spacial score (nSPS) is 10.5. The third-order valence-corrected chi connectivity index (χ3v) is 5.29. The summed E-state index contributed by atoms with van der Waals surface area (Å²) >= 11 is 12.8. The van der Waals surface area contributed by atoms with Crippen molar-refractivity contribution in [1.82, 2.24) is 4.37 Å². The summed E-state index contributed by atoms with van der Waals surface area (Å²) in [7, 11) is 1.66. The maximum absolute atomic E-state index is 13.0. The first-order chi connectivity index (χ1) is 12.9. The Bertz CT molecular complexity index is 985. The van der Waals surface area contributed by atoms with E-state index < -0.39 is 0 Å². The van der Waals surface area contributed by atoms with Crippen LogP contribution < -0.4 is 10.2 Å². The SMILES string of the molecule is Cc1nsc(NC(=O)c2ccc(Cl)cc2)c1C(=O)N(C)c1ccc(Cl)cc1. The van der Waals surface area contributed by atoms with E-state index in [1.807, 2.05) is 0 Å². The van der Waals surface area contributed by atoms with Crippen molar-refractivity contribution in [2.75, 3.05) is 17.3 Å². The molecule has 0 fully saturated rings. The molecule has 0 radical (unpaired) electrons. The quantitative estimate of drug-likeness (QED) is 0.624. The van der Waals surface area contributed by atoms with Gasteiger partial charge in [-0.15, -0.1) is 0 Å². The third kappa shape index (κ3) is 4.30. The lowest BCUT2D eigenvalue weighted by molar-refractivity contribution is 0.0993. The molecule has 0 atom stereocenters. The number of aromatic nitrogens is 1. The Morgan fingerprint density at radius 3 is 2.15 bits per heavy atom. The molecular weight excluding hydrogens is 405 g/mol. The predicted molar refractivity (Wildman–Crippen MR) is 110 cm³/mol. The molecule has 27 heavy (non-hydrogen) atoms. The Kier molecular flexibility index (Phi) is 5.79. The Morgan fingerprint density at radius 1 is 1.00 bits per heavy atom. The van der Waals surface area contributed by atoms with Gasteiger partial charge in [0.2, 0.25) is 0 Å². The van der Waals surface area contributed by atoms with Crippen LogP contribution in [0.25, 0.3) is 0 Å². The second-order valence-corrected chi connectivity index (χ2v) is 7.42. The van der Waals surface area contributed by atoms with Crippen LogP contribution >= 0.6 is 34.7 Å². The van der Waals surface area contributed by atoms with Crippen molar-refractivity contribution in [1.29, 1.82) is 0 Å². The highest BCUT2D eigenvalue weighted by Crippen LogP contribution is 2.28. The lowest BCUT2D eigenvalue weighted by atomic mass is 10.2. The van der Waals surface area contributed by atoms with Gasteiger partial charge >= 0.3 is 0 Å². The minimum absolute atomic E-state index is 0.269. The van der Waals surface area contributed by atoms with Crippen LogP contribution in [-0.4, -0.2) is 23.2 Å². The van der Waals surface area contributed by atoms with E-state index >= 15 is 0 Å². The van der Waals surface area contributed by atoms with E-state index in [9.17, 15) is 9.59 Å². The Balaban J connectivity index is 1.85. The number of benzene rings is 2. The van der Waals surface area contributed by atoms with Gasteiger partial charge in [0.15, 0.2) is 0 Å². The maximum Gasteiger partial charge on any atom is 0.262 e. The second-order valence-electron chi connectivity index (χ2n) is 5.77. The van der Waals surface area contributed by atoms with E-state index in [0.29, 0.717) is 37.6 Å². The maximum atomic E-state index is 13.0. The number of carbonyl (C=O) groups is 2. The van der Waals surface area contributed by atoms with Crippen LogP contribution in [0.1, 0.15) is 26.4 Å². The second kappa shape index (κ2) is 8.08. The fraction of sp³-hybridized carbons (Fsp3) is 0.105. The molecule has 2 aromatic carbocycles. The Hall–Kier alpha value is -2.41. The van der Waals surface area contributed by atoms with Gasteiger partial charge in [-0.1, -0.05) is 23.2 Å². The van der Waals surface area contributed by atoms with Crippen LogP contribution in [0.3, 0.4) is 0 Å². The topological polar surface area (TPSA) is 62.3 Å². The lowest BCUT2D eigenvalue weighted by Crippen LogP contribution is -2.27. The monoisotopic (exact) mass is 419 g/mol. The van der Waals surface area contributed by atoms with Crippen LogP contribution in [0, 0.1) is 6.92 Å². The number of amides is 2. The van der Waals surface area contributed by atoms with Crippen molar-refractivity contribution < 1.29 is 9.59 Å². The average molecular weight is 420 g/mol. The summed E-state index contributed by atoms with van der Waals surface area (Å²) < 4.78 is 4.23. The molecule has 138 valence electrons. The van der Waals surface area contributed by atoms with Gasteiger partial charge in [0.25, 0.3) is 11.8 Å². The van der Waals surface area contributed by atoms with Crippen molar-refractivity contribution in [3.63, 3.8) is 0 Å². The number of nitrogens with zero attached hydrogens (tertiary/aromatic N) is 2. The van der Waals surface area contributed by atoms with E-state index in [1.54, 1.807) is 62.5 Å². The zero-order valence-electron chi connectivity index (χ0n) is 14.5. The Morgan fingerprint density at radius 2 is 1.56 bits per heavy atom. The molecule has 0 aliphatic rings. The van der Waals surface area contributed by atoms with Crippen LogP contribution in [-0.2, 0) is 0 Å². The summed E-state index contributed by atoms with van der Waals surface area (Å²) in [5.74, 6) is -0.603. The van der Waals surface area contributed by atoms with E-state index in [2.05, 4.69) is 9.69 Å². The minimum atomic E-state index is -0.335. The third-order valence-electron chi connectivity index (χ3n) is 3.93. The molecule has 2 amide bonds. The Labute approximate surface area is 170 Å². The van der Waals surface area contributed by atoms with Crippen LogP contribution in [0.5, 0.6) is 0 Å². The summed E-state index contributed by atoms with van der Waals surface area (Å²) in [6, 6.07) is 13.4. The minimum Gasteiger partial charge on any atom is -0.312 e. The van der Waals surface area contributed by atoms with Crippen LogP contribution in [0.2, 0.25) is 10.0 Å². The molecule has 0 aliphatic carbocycles. The molecule has 1 aromatic heterocycles. The molecule has 5 nitrogen and oxygen atoms in total. The van der Waals surface area contributed by atoms with Crippen molar-refractivity contribution in [3.8, 4) is 0 Å². The summed E-state index contributed by atoms with van der Waals surface area (Å²) in [6.45, 7) is 1.73. The van der Waals surface area contributed by atoms with E-state index in [4.69, 9.17) is 23.2 Å². The van der Waals surface area contributed by atoms with E-state index in [-0.39, 0.29) is 11.8 Å². The van der Waals surface area contributed by atoms with E-state index in [0.717, 1.165) is 11.5 Å². The highest BCUT2D eigenvalue weighted by molar-refractivity contribution is 7.11. The van der Waals surface area contributed by atoms with E-state index in [1.165, 1.54) is 4.90 Å². The van der Waals surface area contributed by atoms with Gasteiger partial charge in [0.05, 0.1) is 11.3 Å². The number of anilines is 2. The average Bonchev–Trinajstić information content (AvgIpc) is 3.01. The van der Waals surface area contributed by atoms with Crippen molar-refractivity contribution in [2.45, 2.75) is 6.92 Å². The first kappa shape index (κ1) is 19.4. The number of aryl methyl sites for hydroxylation is 1. The summed E-state index contributed by atoms with van der Waals surface area (Å²) in [5, 5.41) is 4.30. The van der Waals surface area contributed by atoms with Gasteiger partial charge in [0, 0.05) is 28.3 Å². The molecule has 1 N–H and O–H groups in total. The number of carbonyl (C=O) groups excluding carboxylic acids is 2. The highest BCUT2D eigenvalue weighted by Gasteiger charge is 2.24. The molecule has 0 saturated carbocycles. The molecular formula is C19H15Cl2N3O2S. The van der Waals surface area contributed by atoms with Crippen molar-refractivity contribution >= 4 is 57.2 Å². The van der Waals surface area contributed by atoms with Gasteiger partial charge in [-0.2, -0.15) is 4.37 Å². The molecule has 0 bridgehead atoms. The highest BCUT2D eigenvalue weighted by atomic mass is 35.5. The molecule has 1 heterocycles. The molecule has 0 aliphatic heterocycles. The first-order valence-corrected chi connectivity index (χ1v) is 9.46. The molecule has 0 spiro atoms. The number of hydrogen-bond donors (Lipinski definition) is 1. The number of hydrogen-bond acceptors (Lipinski definition) is 4. The largest absolute Gasteiger partial charge is 0.312 e. The van der Waals surface area contributed by atoms with Gasteiger partial charge in [-0.3, -0.25) is 9.59 Å². The van der Waals surface area contributed by atoms with Gasteiger partial charge in [0.1, 0.15) is 5.00 Å². The zero-order chi connectivity index (χ0) is 19.6. The fourth-order valence-electron chi connectivity index (χ4n) is 2.43. The number of halogens is 2. The van der Waals surface area contributed by atoms with Crippen LogP contribution in [0.15, 0.2) is 48.5 Å². The standard InChI is InChI=1S/C19H15Cl2N3O2S/c1-11-16(19(26)24(2)15-9-7-14(21)8-10-15)18(27-23-11)22-17(25)12-3-5-13(20)6-4-12/h3-10H,1-2H3,(H,22,25). The number of nitrogens with one attached hydrogen (secondary N) is 1. The predicted octanol–water partition coefficient (Wildman–Crippen LogP) is 5.29. The van der Waals surface area contributed by atoms with Crippen molar-refractivity contribution in [2.24, 2.45) is 0 Å². The lowest BCUT2D eigenvalue weighted by Gasteiger charge is -2.18. The van der Waals surface area contributed by atoms with Gasteiger partial charge in [-0.05, 0) is 67.0 Å². The zero-order valence-corrected chi connectivity index (χ0v) is 16.8. The molecule has 8 heteroatoms.